The Morgan fingerprint density at radius 1 is 1.18 bits per heavy atom. The maximum Gasteiger partial charge on any atom is 0.438 e. The highest BCUT2D eigenvalue weighted by Crippen LogP contribution is 2.20. The van der Waals surface area contributed by atoms with Crippen LogP contribution in [0.25, 0.3) is 10.8 Å². The SMILES string of the molecule is CCNC(=O)OO[C@H](Cc1cccc2ccccc12)C(=O)O. The molecule has 2 N–H and O–H groups in total. The number of carbonyl (C=O) groups excluding carboxylic acids is 1. The zero-order valence-electron chi connectivity index (χ0n) is 12.1. The molecule has 6 heteroatoms. The van der Waals surface area contributed by atoms with Gasteiger partial charge in [0.1, 0.15) is 0 Å². The molecular formula is C16H17NO5. The molecular weight excluding hydrogens is 286 g/mol. The van der Waals surface area contributed by atoms with E-state index in [9.17, 15) is 14.7 Å². The minimum Gasteiger partial charge on any atom is -0.479 e. The molecule has 2 rings (SSSR count). The van der Waals surface area contributed by atoms with Crippen LogP contribution >= 0.6 is 0 Å². The van der Waals surface area contributed by atoms with Gasteiger partial charge in [-0.2, -0.15) is 4.89 Å². The van der Waals surface area contributed by atoms with Gasteiger partial charge in [0.25, 0.3) is 0 Å². The van der Waals surface area contributed by atoms with Gasteiger partial charge in [-0.25, -0.2) is 9.59 Å². The van der Waals surface area contributed by atoms with E-state index < -0.39 is 18.2 Å². The van der Waals surface area contributed by atoms with Gasteiger partial charge in [0.15, 0.2) is 0 Å². The van der Waals surface area contributed by atoms with E-state index in [1.807, 2.05) is 42.5 Å². The predicted octanol–water partition coefficient (Wildman–Crippen LogP) is 2.51. The summed E-state index contributed by atoms with van der Waals surface area (Å²) >= 11 is 0. The topological polar surface area (TPSA) is 84.9 Å². The fourth-order valence-electron chi connectivity index (χ4n) is 2.11. The summed E-state index contributed by atoms with van der Waals surface area (Å²) in [7, 11) is 0. The first-order chi connectivity index (χ1) is 10.6. The number of hydrogen-bond donors (Lipinski definition) is 2. The average molecular weight is 303 g/mol. The molecule has 0 heterocycles. The highest BCUT2D eigenvalue weighted by atomic mass is 17.2. The van der Waals surface area contributed by atoms with Gasteiger partial charge in [0.2, 0.25) is 6.10 Å². The molecule has 0 unspecified atom stereocenters. The molecule has 0 aliphatic heterocycles. The van der Waals surface area contributed by atoms with Gasteiger partial charge in [-0.3, -0.25) is 4.89 Å². The number of amides is 1. The Hall–Kier alpha value is -2.60. The van der Waals surface area contributed by atoms with E-state index in [0.717, 1.165) is 16.3 Å². The molecule has 0 aliphatic rings. The first kappa shape index (κ1) is 15.8. The lowest BCUT2D eigenvalue weighted by molar-refractivity contribution is -0.271. The van der Waals surface area contributed by atoms with Crippen LogP contribution < -0.4 is 5.32 Å². The van der Waals surface area contributed by atoms with Crippen LogP contribution in [0.5, 0.6) is 0 Å². The summed E-state index contributed by atoms with van der Waals surface area (Å²) in [5, 5.41) is 13.5. The molecule has 0 saturated heterocycles. The minimum absolute atomic E-state index is 0.0933. The van der Waals surface area contributed by atoms with Crippen molar-refractivity contribution in [1.29, 1.82) is 0 Å². The Labute approximate surface area is 127 Å². The van der Waals surface area contributed by atoms with Crippen LogP contribution in [0.1, 0.15) is 12.5 Å². The second kappa shape index (κ2) is 7.42. The van der Waals surface area contributed by atoms with Crippen LogP contribution in [0.4, 0.5) is 4.79 Å². The first-order valence-corrected chi connectivity index (χ1v) is 6.92. The van der Waals surface area contributed by atoms with Crippen LogP contribution in [-0.4, -0.2) is 29.8 Å². The number of rotatable bonds is 6. The molecule has 6 nitrogen and oxygen atoms in total. The van der Waals surface area contributed by atoms with Gasteiger partial charge in [-0.05, 0) is 23.3 Å². The quantitative estimate of drug-likeness (QED) is 0.632. The highest BCUT2D eigenvalue weighted by Gasteiger charge is 2.23. The number of carboxylic acids is 1. The summed E-state index contributed by atoms with van der Waals surface area (Å²) in [6.07, 6.45) is -1.99. The molecule has 1 atom stereocenters. The van der Waals surface area contributed by atoms with Crippen molar-refractivity contribution in [2.75, 3.05) is 6.54 Å². The molecule has 0 fully saturated rings. The maximum absolute atomic E-state index is 11.3. The number of hydrogen-bond acceptors (Lipinski definition) is 4. The lowest BCUT2D eigenvalue weighted by Crippen LogP contribution is -2.31. The van der Waals surface area contributed by atoms with Crippen molar-refractivity contribution in [2.24, 2.45) is 0 Å². The summed E-state index contributed by atoms with van der Waals surface area (Å²) in [4.78, 5) is 31.7. The molecule has 0 saturated carbocycles. The number of benzene rings is 2. The summed E-state index contributed by atoms with van der Waals surface area (Å²) in [6.45, 7) is 2.08. The lowest BCUT2D eigenvalue weighted by atomic mass is 10.00. The molecule has 0 aromatic heterocycles. The normalized spacial score (nSPS) is 11.9. The molecule has 2 aromatic carbocycles. The number of carbonyl (C=O) groups is 2. The van der Waals surface area contributed by atoms with E-state index in [-0.39, 0.29) is 6.42 Å². The van der Waals surface area contributed by atoms with Gasteiger partial charge in [0.05, 0.1) is 0 Å². The summed E-state index contributed by atoms with van der Waals surface area (Å²) in [6, 6.07) is 13.3. The van der Waals surface area contributed by atoms with Crippen LogP contribution in [0.15, 0.2) is 42.5 Å². The van der Waals surface area contributed by atoms with Crippen molar-refractivity contribution in [3.63, 3.8) is 0 Å². The monoisotopic (exact) mass is 303 g/mol. The molecule has 0 spiro atoms. The third-order valence-corrected chi connectivity index (χ3v) is 3.12. The average Bonchev–Trinajstić information content (AvgIpc) is 2.51. The second-order valence-electron chi connectivity index (χ2n) is 4.67. The Kier molecular flexibility index (Phi) is 5.32. The Morgan fingerprint density at radius 2 is 1.91 bits per heavy atom. The van der Waals surface area contributed by atoms with Crippen LogP contribution in [0.2, 0.25) is 0 Å². The second-order valence-corrected chi connectivity index (χ2v) is 4.67. The van der Waals surface area contributed by atoms with E-state index in [0.29, 0.717) is 6.54 Å². The molecule has 0 bridgehead atoms. The number of nitrogens with one attached hydrogen (secondary N) is 1. The van der Waals surface area contributed by atoms with Gasteiger partial charge in [0, 0.05) is 13.0 Å². The number of carboxylic acid groups (broad SMARTS) is 1. The van der Waals surface area contributed by atoms with Crippen LogP contribution in [0.3, 0.4) is 0 Å². The van der Waals surface area contributed by atoms with Gasteiger partial charge in [-0.1, -0.05) is 42.5 Å². The third-order valence-electron chi connectivity index (χ3n) is 3.12. The van der Waals surface area contributed by atoms with Crippen molar-refractivity contribution in [3.05, 3.63) is 48.0 Å². The Morgan fingerprint density at radius 3 is 2.64 bits per heavy atom. The Bertz CT molecular complexity index is 665. The van der Waals surface area contributed by atoms with E-state index >= 15 is 0 Å². The fourth-order valence-corrected chi connectivity index (χ4v) is 2.11. The molecule has 22 heavy (non-hydrogen) atoms. The Balaban J connectivity index is 2.13. The molecule has 0 radical (unpaired) electrons. The van der Waals surface area contributed by atoms with Crippen molar-refractivity contribution >= 4 is 22.8 Å². The standard InChI is InChI=1S/C16H17NO5/c1-2-17-16(20)22-21-14(15(18)19)10-12-8-5-7-11-6-3-4-9-13(11)12/h3-9,14H,2,10H2,1H3,(H,17,20)(H,18,19)/t14-/m1/s1. The summed E-state index contributed by atoms with van der Waals surface area (Å²) < 4.78 is 0. The van der Waals surface area contributed by atoms with Gasteiger partial charge < -0.3 is 10.4 Å². The van der Waals surface area contributed by atoms with Gasteiger partial charge in [-0.15, -0.1) is 0 Å². The molecule has 116 valence electrons. The first-order valence-electron chi connectivity index (χ1n) is 6.92. The molecule has 1 amide bonds. The number of aliphatic carboxylic acids is 1. The zero-order chi connectivity index (χ0) is 15.9. The van der Waals surface area contributed by atoms with Crippen molar-refractivity contribution in [2.45, 2.75) is 19.4 Å². The third kappa shape index (κ3) is 3.95. The molecule has 0 aliphatic carbocycles. The zero-order valence-corrected chi connectivity index (χ0v) is 12.1. The highest BCUT2D eigenvalue weighted by molar-refractivity contribution is 5.86. The van der Waals surface area contributed by atoms with Crippen molar-refractivity contribution in [1.82, 2.24) is 5.32 Å². The summed E-state index contributed by atoms with van der Waals surface area (Å²) in [5.41, 5.74) is 0.810. The smallest absolute Gasteiger partial charge is 0.438 e. The number of fused-ring (bicyclic) bond motifs is 1. The van der Waals surface area contributed by atoms with E-state index in [1.54, 1.807) is 6.92 Å². The maximum atomic E-state index is 11.3. The van der Waals surface area contributed by atoms with Crippen LogP contribution in [-0.2, 0) is 21.0 Å². The summed E-state index contributed by atoms with van der Waals surface area (Å²) in [5.74, 6) is -1.20. The minimum atomic E-state index is -1.27. The fraction of sp³-hybridized carbons (Fsp3) is 0.250. The van der Waals surface area contributed by atoms with E-state index in [4.69, 9.17) is 4.89 Å². The van der Waals surface area contributed by atoms with Gasteiger partial charge >= 0.3 is 12.1 Å². The molecule has 2 aromatic rings. The van der Waals surface area contributed by atoms with Crippen LogP contribution in [0, 0.1) is 0 Å². The van der Waals surface area contributed by atoms with E-state index in [2.05, 4.69) is 10.2 Å². The predicted molar refractivity (Wildman–Crippen MR) is 80.3 cm³/mol. The lowest BCUT2D eigenvalue weighted by Gasteiger charge is -2.13. The van der Waals surface area contributed by atoms with Crippen molar-refractivity contribution in [3.8, 4) is 0 Å². The van der Waals surface area contributed by atoms with Crippen molar-refractivity contribution < 1.29 is 24.5 Å². The largest absolute Gasteiger partial charge is 0.479 e. The van der Waals surface area contributed by atoms with E-state index in [1.165, 1.54) is 0 Å².